The van der Waals surface area contributed by atoms with Gasteiger partial charge in [0.1, 0.15) is 0 Å². The smallest absolute Gasteiger partial charge is 0.371 e. The molecular weight excluding hydrogens is 316 g/mol. The quantitative estimate of drug-likeness (QED) is 0.383. The summed E-state index contributed by atoms with van der Waals surface area (Å²) in [5.41, 5.74) is 0.288. The molecule has 0 fully saturated rings. The fourth-order valence-electron chi connectivity index (χ4n) is 1.51. The molecule has 22 heavy (non-hydrogen) atoms. The van der Waals surface area contributed by atoms with Crippen LogP contribution in [0.25, 0.3) is 6.08 Å². The second-order valence-corrected chi connectivity index (χ2v) is 4.44. The summed E-state index contributed by atoms with van der Waals surface area (Å²) >= 11 is 5.98. The lowest BCUT2D eigenvalue weighted by Crippen LogP contribution is -2.08. The average Bonchev–Trinajstić information content (AvgIpc) is 2.39. The number of rotatable bonds is 5. The van der Waals surface area contributed by atoms with E-state index in [1.54, 1.807) is 0 Å². The zero-order valence-corrected chi connectivity index (χ0v) is 12.8. The molecule has 0 aliphatic carbocycles. The fourth-order valence-corrected chi connectivity index (χ4v) is 1.76. The van der Waals surface area contributed by atoms with Gasteiger partial charge in [-0.3, -0.25) is 9.59 Å². The van der Waals surface area contributed by atoms with Gasteiger partial charge in [-0.25, -0.2) is 4.79 Å². The molecule has 0 heterocycles. The number of methoxy groups -OCH3 is 1. The number of carboxylic acid groups (broad SMARTS) is 1. The molecule has 0 aromatic heterocycles. The van der Waals surface area contributed by atoms with Crippen molar-refractivity contribution in [3.63, 3.8) is 0 Å². The molecule has 0 saturated carbocycles. The number of aliphatic carboxylic acids is 1. The van der Waals surface area contributed by atoms with Gasteiger partial charge in [-0.05, 0) is 23.8 Å². The number of halogens is 1. The number of benzene rings is 1. The van der Waals surface area contributed by atoms with Crippen molar-refractivity contribution in [1.82, 2.24) is 0 Å². The van der Waals surface area contributed by atoms with E-state index >= 15 is 0 Å². The molecule has 1 rings (SSSR count). The molecule has 0 bridgehead atoms. The van der Waals surface area contributed by atoms with E-state index in [-0.39, 0.29) is 22.1 Å². The Morgan fingerprint density at radius 3 is 2.27 bits per heavy atom. The number of ether oxygens (including phenoxy) is 3. The number of carbonyl (C=O) groups excluding carboxylic acids is 2. The summed E-state index contributed by atoms with van der Waals surface area (Å²) in [6.45, 7) is 2.28. The Hall–Kier alpha value is -2.54. The van der Waals surface area contributed by atoms with Crippen LogP contribution in [0.2, 0.25) is 5.02 Å². The predicted octanol–water partition coefficient (Wildman–Crippen LogP) is 2.26. The first-order chi connectivity index (χ1) is 10.2. The third kappa shape index (κ3) is 4.78. The van der Waals surface area contributed by atoms with Crippen molar-refractivity contribution >= 4 is 35.6 Å². The largest absolute Gasteiger partial charge is 0.493 e. The van der Waals surface area contributed by atoms with Crippen LogP contribution in [0.1, 0.15) is 19.4 Å². The second-order valence-electron chi connectivity index (χ2n) is 4.04. The summed E-state index contributed by atoms with van der Waals surface area (Å²) < 4.78 is 14.5. The minimum atomic E-state index is -1.42. The number of hydrogen-bond acceptors (Lipinski definition) is 6. The SMILES string of the molecule is COc1cc(C=C(OC(C)=O)C(=O)O)cc(Cl)c1OC(C)=O. The molecule has 0 saturated heterocycles. The molecule has 0 aliphatic heterocycles. The third-order valence-electron chi connectivity index (χ3n) is 2.26. The van der Waals surface area contributed by atoms with Crippen molar-refractivity contribution in [1.29, 1.82) is 0 Å². The Kier molecular flexibility index (Phi) is 5.94. The van der Waals surface area contributed by atoms with E-state index in [1.165, 1.54) is 26.2 Å². The Morgan fingerprint density at radius 2 is 1.82 bits per heavy atom. The summed E-state index contributed by atoms with van der Waals surface area (Å²) in [5.74, 6) is -3.22. The first kappa shape index (κ1) is 17.5. The van der Waals surface area contributed by atoms with Gasteiger partial charge in [-0.15, -0.1) is 0 Å². The molecule has 0 spiro atoms. The fraction of sp³-hybridized carbons (Fsp3) is 0.214. The molecule has 0 amide bonds. The molecule has 7 nitrogen and oxygen atoms in total. The first-order valence-electron chi connectivity index (χ1n) is 5.94. The van der Waals surface area contributed by atoms with E-state index in [9.17, 15) is 14.4 Å². The minimum Gasteiger partial charge on any atom is -0.493 e. The Bertz CT molecular complexity index is 649. The molecule has 118 valence electrons. The van der Waals surface area contributed by atoms with Crippen molar-refractivity contribution in [2.45, 2.75) is 13.8 Å². The summed E-state index contributed by atoms with van der Waals surface area (Å²) in [6.07, 6.45) is 1.09. The summed E-state index contributed by atoms with van der Waals surface area (Å²) in [5, 5.41) is 9.01. The molecule has 8 heteroatoms. The molecule has 0 unspecified atom stereocenters. The maximum absolute atomic E-state index is 11.0. The van der Waals surface area contributed by atoms with E-state index in [0.29, 0.717) is 0 Å². The maximum Gasteiger partial charge on any atom is 0.371 e. The van der Waals surface area contributed by atoms with Crippen molar-refractivity contribution in [3.8, 4) is 11.5 Å². The van der Waals surface area contributed by atoms with Gasteiger partial charge in [0.25, 0.3) is 0 Å². The standard InChI is InChI=1S/C14H13ClO7/c1-7(16)21-12(14(18)19)6-9-4-10(15)13(22-8(2)17)11(5-9)20-3/h4-6H,1-3H3,(H,18,19). The highest BCUT2D eigenvalue weighted by atomic mass is 35.5. The lowest BCUT2D eigenvalue weighted by atomic mass is 10.1. The van der Waals surface area contributed by atoms with Gasteiger partial charge in [0.2, 0.25) is 5.76 Å². The van der Waals surface area contributed by atoms with Crippen LogP contribution in [-0.2, 0) is 19.1 Å². The Balaban J connectivity index is 3.31. The van der Waals surface area contributed by atoms with Crippen LogP contribution in [0.5, 0.6) is 11.5 Å². The van der Waals surface area contributed by atoms with E-state index in [4.69, 9.17) is 26.2 Å². The third-order valence-corrected chi connectivity index (χ3v) is 2.54. The van der Waals surface area contributed by atoms with Crippen LogP contribution < -0.4 is 9.47 Å². The Morgan fingerprint density at radius 1 is 1.18 bits per heavy atom. The first-order valence-corrected chi connectivity index (χ1v) is 6.31. The van der Waals surface area contributed by atoms with E-state index in [2.05, 4.69) is 4.74 Å². The van der Waals surface area contributed by atoms with Gasteiger partial charge in [0, 0.05) is 13.8 Å². The van der Waals surface area contributed by atoms with Crippen LogP contribution in [0, 0.1) is 0 Å². The number of esters is 2. The van der Waals surface area contributed by atoms with E-state index in [1.807, 2.05) is 0 Å². The topological polar surface area (TPSA) is 99.1 Å². The van der Waals surface area contributed by atoms with Crippen LogP contribution in [-0.4, -0.2) is 30.1 Å². The zero-order chi connectivity index (χ0) is 16.9. The van der Waals surface area contributed by atoms with Crippen molar-refractivity contribution < 1.29 is 33.7 Å². The monoisotopic (exact) mass is 328 g/mol. The Labute approximate surface area is 131 Å². The number of carbonyl (C=O) groups is 3. The van der Waals surface area contributed by atoms with Crippen molar-refractivity contribution in [2.75, 3.05) is 7.11 Å². The molecule has 1 aromatic carbocycles. The van der Waals surface area contributed by atoms with Gasteiger partial charge in [-0.2, -0.15) is 0 Å². The normalized spacial score (nSPS) is 10.8. The molecule has 0 radical (unpaired) electrons. The highest BCUT2D eigenvalue weighted by Gasteiger charge is 2.16. The predicted molar refractivity (Wildman–Crippen MR) is 76.7 cm³/mol. The molecule has 0 atom stereocenters. The van der Waals surface area contributed by atoms with Crippen LogP contribution in [0.3, 0.4) is 0 Å². The molecule has 0 aliphatic rings. The van der Waals surface area contributed by atoms with Gasteiger partial charge >= 0.3 is 17.9 Å². The van der Waals surface area contributed by atoms with Crippen LogP contribution in [0.15, 0.2) is 17.9 Å². The van der Waals surface area contributed by atoms with E-state index < -0.39 is 23.7 Å². The van der Waals surface area contributed by atoms with Gasteiger partial charge in [-0.1, -0.05) is 11.6 Å². The summed E-state index contributed by atoms with van der Waals surface area (Å²) in [4.78, 5) is 32.9. The molecule has 1 N–H and O–H groups in total. The molecule has 1 aromatic rings. The van der Waals surface area contributed by atoms with Crippen LogP contribution >= 0.6 is 11.6 Å². The highest BCUT2D eigenvalue weighted by molar-refractivity contribution is 6.32. The van der Waals surface area contributed by atoms with Gasteiger partial charge < -0.3 is 19.3 Å². The average molecular weight is 329 g/mol. The van der Waals surface area contributed by atoms with Crippen molar-refractivity contribution in [3.05, 3.63) is 28.5 Å². The molecular formula is C14H13ClO7. The lowest BCUT2D eigenvalue weighted by molar-refractivity contribution is -0.146. The summed E-state index contributed by atoms with van der Waals surface area (Å²) in [6, 6.07) is 2.73. The van der Waals surface area contributed by atoms with Crippen molar-refractivity contribution in [2.24, 2.45) is 0 Å². The second kappa shape index (κ2) is 7.46. The summed E-state index contributed by atoms with van der Waals surface area (Å²) in [7, 11) is 1.33. The maximum atomic E-state index is 11.0. The number of hydrogen-bond donors (Lipinski definition) is 1. The van der Waals surface area contributed by atoms with E-state index in [0.717, 1.165) is 13.0 Å². The minimum absolute atomic E-state index is 0.0122. The van der Waals surface area contributed by atoms with Gasteiger partial charge in [0.15, 0.2) is 11.5 Å². The lowest BCUT2D eigenvalue weighted by Gasteiger charge is -2.11. The zero-order valence-electron chi connectivity index (χ0n) is 12.0. The van der Waals surface area contributed by atoms with Gasteiger partial charge in [0.05, 0.1) is 12.1 Å². The highest BCUT2D eigenvalue weighted by Crippen LogP contribution is 2.37. The number of carboxylic acids is 1. The van der Waals surface area contributed by atoms with Crippen LogP contribution in [0.4, 0.5) is 0 Å².